The fraction of sp³-hybridized carbons (Fsp3) is 0.625. The van der Waals surface area contributed by atoms with Crippen molar-refractivity contribution in [1.82, 2.24) is 4.90 Å². The highest BCUT2D eigenvalue weighted by Crippen LogP contribution is 2.29. The maximum atomic E-state index is 6.08. The third kappa shape index (κ3) is 3.35. The Kier molecular flexibility index (Phi) is 5.37. The number of piperidine rings is 1. The van der Waals surface area contributed by atoms with Crippen LogP contribution < -0.4 is 5.73 Å². The Morgan fingerprint density at radius 1 is 1.37 bits per heavy atom. The average molecular weight is 262 g/mol. The van der Waals surface area contributed by atoms with Crippen LogP contribution in [-0.2, 0) is 11.3 Å². The molecule has 2 rings (SSSR count). The lowest BCUT2D eigenvalue weighted by molar-refractivity contribution is 0.106. The zero-order chi connectivity index (χ0) is 13.7. The summed E-state index contributed by atoms with van der Waals surface area (Å²) < 4.78 is 5.32. The maximum absolute atomic E-state index is 6.08. The lowest BCUT2D eigenvalue weighted by Crippen LogP contribution is -2.43. The van der Waals surface area contributed by atoms with Gasteiger partial charge in [0.2, 0.25) is 0 Å². The van der Waals surface area contributed by atoms with Gasteiger partial charge in [-0.15, -0.1) is 0 Å². The Labute approximate surface area is 116 Å². The Morgan fingerprint density at radius 2 is 2.16 bits per heavy atom. The highest BCUT2D eigenvalue weighted by Gasteiger charge is 2.27. The molecule has 1 heterocycles. The summed E-state index contributed by atoms with van der Waals surface area (Å²) in [5.74, 6) is 0. The molecule has 19 heavy (non-hydrogen) atoms. The molecule has 2 atom stereocenters. The first-order valence-electron chi connectivity index (χ1n) is 7.30. The minimum Gasteiger partial charge on any atom is -0.380 e. The van der Waals surface area contributed by atoms with Crippen LogP contribution in [0.4, 0.5) is 0 Å². The molecular weight excluding hydrogens is 236 g/mol. The summed E-state index contributed by atoms with van der Waals surface area (Å²) in [5, 5.41) is 0. The normalized spacial score (nSPS) is 22.4. The first-order valence-corrected chi connectivity index (χ1v) is 7.30. The van der Waals surface area contributed by atoms with Crippen molar-refractivity contribution in [1.29, 1.82) is 0 Å². The van der Waals surface area contributed by atoms with Crippen molar-refractivity contribution in [2.75, 3.05) is 20.2 Å². The lowest BCUT2D eigenvalue weighted by atomic mass is 9.94. The predicted octanol–water partition coefficient (Wildman–Crippen LogP) is 2.71. The number of likely N-dealkylation sites (tertiary alicyclic amines) is 1. The van der Waals surface area contributed by atoms with E-state index in [1.165, 1.54) is 30.4 Å². The SMILES string of the molecule is COCc1ccccc1C(CN)N1CCCCC1C. The fourth-order valence-electron chi connectivity index (χ4n) is 3.17. The van der Waals surface area contributed by atoms with Crippen molar-refractivity contribution in [2.45, 2.75) is 44.9 Å². The quantitative estimate of drug-likeness (QED) is 0.886. The van der Waals surface area contributed by atoms with Gasteiger partial charge >= 0.3 is 0 Å². The minimum absolute atomic E-state index is 0.321. The number of benzene rings is 1. The number of rotatable bonds is 5. The minimum atomic E-state index is 0.321. The Bertz CT molecular complexity index is 394. The molecule has 0 saturated carbocycles. The van der Waals surface area contributed by atoms with Crippen LogP contribution in [0.2, 0.25) is 0 Å². The standard InChI is InChI=1S/C16H26N2O/c1-13-7-5-6-10-18(13)16(11-17)15-9-4-3-8-14(15)12-19-2/h3-4,8-9,13,16H,5-7,10-12,17H2,1-2H3. The molecule has 106 valence electrons. The van der Waals surface area contributed by atoms with Crippen molar-refractivity contribution in [3.63, 3.8) is 0 Å². The van der Waals surface area contributed by atoms with Crippen LogP contribution in [0, 0.1) is 0 Å². The van der Waals surface area contributed by atoms with E-state index in [2.05, 4.69) is 36.1 Å². The first-order chi connectivity index (χ1) is 9.27. The van der Waals surface area contributed by atoms with Gasteiger partial charge in [-0.3, -0.25) is 4.90 Å². The molecule has 3 nitrogen and oxygen atoms in total. The summed E-state index contributed by atoms with van der Waals surface area (Å²) in [4.78, 5) is 2.57. The van der Waals surface area contributed by atoms with E-state index in [9.17, 15) is 0 Å². The molecular formula is C16H26N2O. The highest BCUT2D eigenvalue weighted by molar-refractivity contribution is 5.30. The summed E-state index contributed by atoms with van der Waals surface area (Å²) in [7, 11) is 1.75. The van der Waals surface area contributed by atoms with Crippen molar-refractivity contribution in [3.05, 3.63) is 35.4 Å². The highest BCUT2D eigenvalue weighted by atomic mass is 16.5. The topological polar surface area (TPSA) is 38.5 Å². The number of hydrogen-bond acceptors (Lipinski definition) is 3. The van der Waals surface area contributed by atoms with Crippen molar-refractivity contribution in [2.24, 2.45) is 5.73 Å². The Hall–Kier alpha value is -0.900. The smallest absolute Gasteiger partial charge is 0.0716 e. The summed E-state index contributed by atoms with van der Waals surface area (Å²) in [6.07, 6.45) is 3.91. The van der Waals surface area contributed by atoms with Crippen molar-refractivity contribution < 1.29 is 4.74 Å². The molecule has 1 aromatic rings. The average Bonchev–Trinajstić information content (AvgIpc) is 2.44. The number of nitrogens with zero attached hydrogens (tertiary/aromatic N) is 1. The second kappa shape index (κ2) is 7.04. The van der Waals surface area contributed by atoms with E-state index in [-0.39, 0.29) is 0 Å². The van der Waals surface area contributed by atoms with Crippen molar-refractivity contribution in [3.8, 4) is 0 Å². The second-order valence-corrected chi connectivity index (χ2v) is 5.47. The molecule has 0 spiro atoms. The molecule has 1 aliphatic rings. The third-order valence-electron chi connectivity index (χ3n) is 4.19. The van der Waals surface area contributed by atoms with Gasteiger partial charge in [0.25, 0.3) is 0 Å². The molecule has 0 aromatic heterocycles. The number of hydrogen-bond donors (Lipinski definition) is 1. The van der Waals surface area contributed by atoms with Crippen molar-refractivity contribution >= 4 is 0 Å². The van der Waals surface area contributed by atoms with Crippen LogP contribution in [0.3, 0.4) is 0 Å². The summed E-state index contributed by atoms with van der Waals surface area (Å²) in [6.45, 7) is 4.81. The van der Waals surface area contributed by atoms with Gasteiger partial charge in [-0.1, -0.05) is 30.7 Å². The monoisotopic (exact) mass is 262 g/mol. The van der Waals surface area contributed by atoms with Gasteiger partial charge in [0.05, 0.1) is 6.61 Å². The molecule has 0 bridgehead atoms. The zero-order valence-electron chi connectivity index (χ0n) is 12.1. The van der Waals surface area contributed by atoms with Gasteiger partial charge < -0.3 is 10.5 Å². The van der Waals surface area contributed by atoms with Crippen LogP contribution in [0.25, 0.3) is 0 Å². The summed E-state index contributed by atoms with van der Waals surface area (Å²) in [5.41, 5.74) is 8.68. The number of nitrogens with two attached hydrogens (primary N) is 1. The molecule has 1 aliphatic heterocycles. The lowest BCUT2D eigenvalue weighted by Gasteiger charge is -2.40. The zero-order valence-corrected chi connectivity index (χ0v) is 12.1. The van der Waals surface area contributed by atoms with E-state index < -0.39 is 0 Å². The molecule has 2 N–H and O–H groups in total. The summed E-state index contributed by atoms with van der Waals surface area (Å²) >= 11 is 0. The molecule has 1 fully saturated rings. The first kappa shape index (κ1) is 14.5. The van der Waals surface area contributed by atoms with Gasteiger partial charge in [-0.2, -0.15) is 0 Å². The van der Waals surface area contributed by atoms with Crippen LogP contribution >= 0.6 is 0 Å². The number of ether oxygens (including phenoxy) is 1. The molecule has 3 heteroatoms. The Balaban J connectivity index is 2.25. The molecule has 2 unspecified atom stereocenters. The van der Waals surface area contributed by atoms with E-state index in [0.717, 1.165) is 6.54 Å². The third-order valence-corrected chi connectivity index (χ3v) is 4.19. The van der Waals surface area contributed by atoms with Crippen LogP contribution in [0.1, 0.15) is 43.4 Å². The number of methoxy groups -OCH3 is 1. The van der Waals surface area contributed by atoms with E-state index in [0.29, 0.717) is 25.2 Å². The van der Waals surface area contributed by atoms with Gasteiger partial charge in [0.15, 0.2) is 0 Å². The summed E-state index contributed by atoms with van der Waals surface area (Å²) in [6, 6.07) is 9.47. The van der Waals surface area contributed by atoms with E-state index in [4.69, 9.17) is 10.5 Å². The largest absolute Gasteiger partial charge is 0.380 e. The van der Waals surface area contributed by atoms with Crippen LogP contribution in [0.15, 0.2) is 24.3 Å². The van der Waals surface area contributed by atoms with Crippen LogP contribution in [-0.4, -0.2) is 31.1 Å². The predicted molar refractivity (Wildman–Crippen MR) is 79.0 cm³/mol. The van der Waals surface area contributed by atoms with Crippen LogP contribution in [0.5, 0.6) is 0 Å². The van der Waals surface area contributed by atoms with Gasteiger partial charge in [0.1, 0.15) is 0 Å². The molecule has 0 aliphatic carbocycles. The van der Waals surface area contributed by atoms with E-state index in [1.54, 1.807) is 7.11 Å². The fourth-order valence-corrected chi connectivity index (χ4v) is 3.17. The second-order valence-electron chi connectivity index (χ2n) is 5.47. The molecule has 1 aromatic carbocycles. The van der Waals surface area contributed by atoms with Gasteiger partial charge in [0, 0.05) is 25.7 Å². The van der Waals surface area contributed by atoms with E-state index >= 15 is 0 Å². The Morgan fingerprint density at radius 3 is 2.84 bits per heavy atom. The maximum Gasteiger partial charge on any atom is 0.0716 e. The molecule has 0 amide bonds. The molecule has 1 saturated heterocycles. The van der Waals surface area contributed by atoms with Gasteiger partial charge in [-0.05, 0) is 37.4 Å². The molecule has 0 radical (unpaired) electrons. The van der Waals surface area contributed by atoms with E-state index in [1.807, 2.05) is 0 Å². The van der Waals surface area contributed by atoms with Gasteiger partial charge in [-0.25, -0.2) is 0 Å².